The van der Waals surface area contributed by atoms with Crippen molar-refractivity contribution in [2.75, 3.05) is 18.5 Å². The highest BCUT2D eigenvalue weighted by molar-refractivity contribution is 9.10. The number of ether oxygens (including phenoxy) is 1. The Balaban J connectivity index is 2.46. The van der Waals surface area contributed by atoms with E-state index in [1.165, 1.54) is 0 Å². The van der Waals surface area contributed by atoms with Crippen molar-refractivity contribution in [1.82, 2.24) is 15.0 Å². The number of nitrogens with zero attached hydrogens (tertiary/aromatic N) is 3. The van der Waals surface area contributed by atoms with Crippen LogP contribution < -0.4 is 10.1 Å². The molecule has 2 aromatic rings. The van der Waals surface area contributed by atoms with Gasteiger partial charge >= 0.3 is 6.01 Å². The van der Waals surface area contributed by atoms with Crippen LogP contribution in [0.5, 0.6) is 6.01 Å². The summed E-state index contributed by atoms with van der Waals surface area (Å²) in [4.78, 5) is 12.9. The summed E-state index contributed by atoms with van der Waals surface area (Å²) in [5, 5.41) is 3.08. The van der Waals surface area contributed by atoms with E-state index in [-0.39, 0.29) is 0 Å². The van der Waals surface area contributed by atoms with E-state index in [4.69, 9.17) is 4.74 Å². The molecular formula is C13H15BrN4O. The van der Waals surface area contributed by atoms with E-state index in [2.05, 4.69) is 36.2 Å². The van der Waals surface area contributed by atoms with E-state index in [1.807, 2.05) is 38.1 Å². The Morgan fingerprint density at radius 3 is 2.63 bits per heavy atom. The molecule has 19 heavy (non-hydrogen) atoms. The van der Waals surface area contributed by atoms with Crippen LogP contribution >= 0.6 is 15.9 Å². The SMILES string of the molecule is CCNc1nc(OCC)nc(-c2ccccc2Br)n1. The minimum Gasteiger partial charge on any atom is -0.464 e. The summed E-state index contributed by atoms with van der Waals surface area (Å²) in [5.74, 6) is 1.11. The molecule has 5 nitrogen and oxygen atoms in total. The third-order valence-corrected chi connectivity index (χ3v) is 3.03. The lowest BCUT2D eigenvalue weighted by Crippen LogP contribution is -2.07. The van der Waals surface area contributed by atoms with E-state index >= 15 is 0 Å². The maximum atomic E-state index is 5.38. The summed E-state index contributed by atoms with van der Waals surface area (Å²) in [6.07, 6.45) is 0. The maximum Gasteiger partial charge on any atom is 0.321 e. The molecule has 0 aliphatic rings. The predicted octanol–water partition coefficient (Wildman–Crippen LogP) is 3.13. The van der Waals surface area contributed by atoms with Crippen molar-refractivity contribution in [3.05, 3.63) is 28.7 Å². The molecule has 0 saturated carbocycles. The quantitative estimate of drug-likeness (QED) is 0.916. The molecule has 0 fully saturated rings. The lowest BCUT2D eigenvalue weighted by atomic mass is 10.2. The zero-order valence-electron chi connectivity index (χ0n) is 10.9. The van der Waals surface area contributed by atoms with Gasteiger partial charge < -0.3 is 10.1 Å². The second-order valence-corrected chi connectivity index (χ2v) is 4.56. The van der Waals surface area contributed by atoms with Crippen LogP contribution in [0, 0.1) is 0 Å². The highest BCUT2D eigenvalue weighted by atomic mass is 79.9. The standard InChI is InChI=1S/C13H15BrN4O/c1-3-15-12-16-11(17-13(18-12)19-4-2)9-7-5-6-8-10(9)14/h5-8H,3-4H2,1-2H3,(H,15,16,17,18). The highest BCUT2D eigenvalue weighted by Crippen LogP contribution is 2.26. The Kier molecular flexibility index (Phi) is 4.68. The second kappa shape index (κ2) is 6.47. The molecule has 1 aromatic carbocycles. The number of nitrogens with one attached hydrogen (secondary N) is 1. The summed E-state index contributed by atoms with van der Waals surface area (Å²) in [5.41, 5.74) is 0.907. The monoisotopic (exact) mass is 322 g/mol. The average Bonchev–Trinajstić information content (AvgIpc) is 2.40. The van der Waals surface area contributed by atoms with Crippen molar-refractivity contribution in [1.29, 1.82) is 0 Å². The van der Waals surface area contributed by atoms with Gasteiger partial charge in [-0.1, -0.05) is 34.1 Å². The van der Waals surface area contributed by atoms with Crippen molar-refractivity contribution >= 4 is 21.9 Å². The third-order valence-electron chi connectivity index (χ3n) is 2.34. The van der Waals surface area contributed by atoms with Gasteiger partial charge in [0.05, 0.1) is 6.61 Å². The summed E-state index contributed by atoms with van der Waals surface area (Å²) >= 11 is 3.50. The fourth-order valence-corrected chi connectivity index (χ4v) is 2.01. The number of aromatic nitrogens is 3. The number of benzene rings is 1. The molecule has 100 valence electrons. The van der Waals surface area contributed by atoms with E-state index in [0.717, 1.165) is 16.6 Å². The van der Waals surface area contributed by atoms with E-state index < -0.39 is 0 Å². The zero-order chi connectivity index (χ0) is 13.7. The maximum absolute atomic E-state index is 5.38. The van der Waals surface area contributed by atoms with Gasteiger partial charge in [0, 0.05) is 16.6 Å². The number of hydrogen-bond donors (Lipinski definition) is 1. The predicted molar refractivity (Wildman–Crippen MR) is 78.3 cm³/mol. The number of rotatable bonds is 5. The van der Waals surface area contributed by atoms with Crippen LogP contribution in [0.2, 0.25) is 0 Å². The lowest BCUT2D eigenvalue weighted by molar-refractivity contribution is 0.312. The van der Waals surface area contributed by atoms with Crippen LogP contribution in [0.4, 0.5) is 5.95 Å². The smallest absolute Gasteiger partial charge is 0.321 e. The Hall–Kier alpha value is -1.69. The van der Waals surface area contributed by atoms with Gasteiger partial charge in [0.2, 0.25) is 5.95 Å². The highest BCUT2D eigenvalue weighted by Gasteiger charge is 2.11. The molecule has 0 aliphatic carbocycles. The van der Waals surface area contributed by atoms with E-state index in [0.29, 0.717) is 24.4 Å². The fraction of sp³-hybridized carbons (Fsp3) is 0.308. The summed E-state index contributed by atoms with van der Waals surface area (Å²) < 4.78 is 6.31. The van der Waals surface area contributed by atoms with Crippen LogP contribution in [-0.4, -0.2) is 28.1 Å². The Bertz CT molecular complexity index is 538. The molecule has 1 aromatic heterocycles. The first-order chi connectivity index (χ1) is 9.24. The normalized spacial score (nSPS) is 10.3. The average molecular weight is 323 g/mol. The molecule has 2 rings (SSSR count). The number of halogens is 1. The largest absolute Gasteiger partial charge is 0.464 e. The number of anilines is 1. The van der Waals surface area contributed by atoms with Crippen molar-refractivity contribution in [2.45, 2.75) is 13.8 Å². The first-order valence-electron chi connectivity index (χ1n) is 6.12. The molecule has 0 bridgehead atoms. The first-order valence-corrected chi connectivity index (χ1v) is 6.91. The first kappa shape index (κ1) is 13.7. The van der Waals surface area contributed by atoms with Crippen molar-refractivity contribution in [3.63, 3.8) is 0 Å². The molecule has 1 heterocycles. The summed E-state index contributed by atoms with van der Waals surface area (Å²) in [6, 6.07) is 8.12. The van der Waals surface area contributed by atoms with Crippen molar-refractivity contribution in [2.24, 2.45) is 0 Å². The number of hydrogen-bond acceptors (Lipinski definition) is 5. The van der Waals surface area contributed by atoms with Gasteiger partial charge in [-0.15, -0.1) is 0 Å². The molecule has 6 heteroatoms. The molecule has 0 radical (unpaired) electrons. The topological polar surface area (TPSA) is 59.9 Å². The van der Waals surface area contributed by atoms with Gasteiger partial charge in [-0.05, 0) is 19.9 Å². The Morgan fingerprint density at radius 2 is 1.95 bits per heavy atom. The summed E-state index contributed by atoms with van der Waals surface area (Å²) in [6.45, 7) is 5.15. The van der Waals surface area contributed by atoms with Crippen molar-refractivity contribution in [3.8, 4) is 17.4 Å². The Morgan fingerprint density at radius 1 is 1.16 bits per heavy atom. The molecular weight excluding hydrogens is 308 g/mol. The van der Waals surface area contributed by atoms with Crippen LogP contribution in [0.15, 0.2) is 28.7 Å². The fourth-order valence-electron chi connectivity index (χ4n) is 1.55. The van der Waals surface area contributed by atoms with Gasteiger partial charge in [0.15, 0.2) is 5.82 Å². The zero-order valence-corrected chi connectivity index (χ0v) is 12.4. The third kappa shape index (κ3) is 3.41. The molecule has 0 spiro atoms. The van der Waals surface area contributed by atoms with Crippen LogP contribution in [-0.2, 0) is 0 Å². The second-order valence-electron chi connectivity index (χ2n) is 3.71. The van der Waals surface area contributed by atoms with Crippen molar-refractivity contribution < 1.29 is 4.74 Å². The van der Waals surface area contributed by atoms with Crippen LogP contribution in [0.3, 0.4) is 0 Å². The minimum atomic E-state index is 0.333. The van der Waals surface area contributed by atoms with Gasteiger partial charge in [0.1, 0.15) is 0 Å². The van der Waals surface area contributed by atoms with Crippen LogP contribution in [0.1, 0.15) is 13.8 Å². The van der Waals surface area contributed by atoms with Crippen LogP contribution in [0.25, 0.3) is 11.4 Å². The molecule has 0 aliphatic heterocycles. The van der Waals surface area contributed by atoms with Gasteiger partial charge in [-0.3, -0.25) is 0 Å². The Labute approximate surface area is 120 Å². The van der Waals surface area contributed by atoms with E-state index in [9.17, 15) is 0 Å². The molecule has 1 N–H and O–H groups in total. The molecule has 0 saturated heterocycles. The molecule has 0 unspecified atom stereocenters. The van der Waals surface area contributed by atoms with E-state index in [1.54, 1.807) is 0 Å². The minimum absolute atomic E-state index is 0.333. The molecule has 0 atom stereocenters. The lowest BCUT2D eigenvalue weighted by Gasteiger charge is -2.08. The van der Waals surface area contributed by atoms with Gasteiger partial charge in [0.25, 0.3) is 0 Å². The van der Waals surface area contributed by atoms with Gasteiger partial charge in [-0.2, -0.15) is 15.0 Å². The molecule has 0 amide bonds. The summed E-state index contributed by atoms with van der Waals surface area (Å²) in [7, 11) is 0. The van der Waals surface area contributed by atoms with Gasteiger partial charge in [-0.25, -0.2) is 0 Å².